The maximum absolute atomic E-state index is 5.79. The van der Waals surface area contributed by atoms with Gasteiger partial charge in [-0.3, -0.25) is 0 Å². The molecule has 0 unspecified atom stereocenters. The lowest BCUT2D eigenvalue weighted by Crippen LogP contribution is -2.46. The molecule has 0 aromatic rings. The molecular formula is C11H23N3O. The fourth-order valence-corrected chi connectivity index (χ4v) is 1.63. The first-order valence-electron chi connectivity index (χ1n) is 5.63. The summed E-state index contributed by atoms with van der Waals surface area (Å²) >= 11 is 0. The van der Waals surface area contributed by atoms with Gasteiger partial charge in [0.25, 0.3) is 0 Å². The molecule has 1 saturated carbocycles. The number of nitrogens with one attached hydrogen (secondary N) is 1. The molecule has 3 N–H and O–H groups in total. The van der Waals surface area contributed by atoms with Gasteiger partial charge < -0.3 is 15.8 Å². The molecule has 1 fully saturated rings. The van der Waals surface area contributed by atoms with Crippen molar-refractivity contribution in [3.05, 3.63) is 0 Å². The van der Waals surface area contributed by atoms with Crippen LogP contribution in [0.2, 0.25) is 0 Å². The molecule has 15 heavy (non-hydrogen) atoms. The molecule has 0 spiro atoms. The van der Waals surface area contributed by atoms with Crippen molar-refractivity contribution in [3.63, 3.8) is 0 Å². The lowest BCUT2D eigenvalue weighted by Gasteiger charge is -2.33. The van der Waals surface area contributed by atoms with Gasteiger partial charge in [-0.25, -0.2) is 4.99 Å². The van der Waals surface area contributed by atoms with Crippen LogP contribution in [0.4, 0.5) is 0 Å². The largest absolute Gasteiger partial charge is 0.378 e. The summed E-state index contributed by atoms with van der Waals surface area (Å²) in [5.74, 6) is 0.544. The van der Waals surface area contributed by atoms with Gasteiger partial charge in [-0.2, -0.15) is 0 Å². The van der Waals surface area contributed by atoms with Gasteiger partial charge in [-0.1, -0.05) is 0 Å². The first kappa shape index (κ1) is 12.3. The van der Waals surface area contributed by atoms with Crippen molar-refractivity contribution in [3.8, 4) is 0 Å². The van der Waals surface area contributed by atoms with Crippen LogP contribution in [0, 0.1) is 0 Å². The Kier molecular flexibility index (Phi) is 3.97. The minimum Gasteiger partial charge on any atom is -0.378 e. The highest BCUT2D eigenvalue weighted by Crippen LogP contribution is 2.26. The monoisotopic (exact) mass is 213 g/mol. The minimum absolute atomic E-state index is 0.0172. The van der Waals surface area contributed by atoms with Crippen molar-refractivity contribution in [2.75, 3.05) is 6.61 Å². The molecule has 1 aliphatic rings. The van der Waals surface area contributed by atoms with E-state index >= 15 is 0 Å². The number of nitrogens with two attached hydrogens (primary N) is 1. The van der Waals surface area contributed by atoms with E-state index in [-0.39, 0.29) is 5.54 Å². The fraction of sp³-hybridized carbons (Fsp3) is 0.909. The maximum Gasteiger partial charge on any atom is 0.189 e. The van der Waals surface area contributed by atoms with Gasteiger partial charge in [0.1, 0.15) is 0 Å². The first-order chi connectivity index (χ1) is 6.90. The number of hydrogen-bond donors (Lipinski definition) is 2. The molecule has 0 aromatic carbocycles. The van der Waals surface area contributed by atoms with E-state index in [9.17, 15) is 0 Å². The van der Waals surface area contributed by atoms with Crippen LogP contribution >= 0.6 is 0 Å². The summed E-state index contributed by atoms with van der Waals surface area (Å²) in [5, 5.41) is 3.15. The van der Waals surface area contributed by atoms with Gasteiger partial charge in [-0.15, -0.1) is 0 Å². The zero-order valence-corrected chi connectivity index (χ0v) is 10.2. The predicted octanol–water partition coefficient (Wildman–Crippen LogP) is 1.26. The van der Waals surface area contributed by atoms with E-state index in [0.29, 0.717) is 18.1 Å². The van der Waals surface area contributed by atoms with E-state index in [4.69, 9.17) is 10.5 Å². The third-order valence-electron chi connectivity index (χ3n) is 2.30. The molecule has 0 radical (unpaired) electrons. The van der Waals surface area contributed by atoms with Crippen molar-refractivity contribution in [2.45, 2.75) is 58.2 Å². The molecule has 0 aromatic heterocycles. The van der Waals surface area contributed by atoms with Crippen LogP contribution in [-0.4, -0.2) is 30.3 Å². The van der Waals surface area contributed by atoms with Crippen molar-refractivity contribution in [1.29, 1.82) is 0 Å². The second-order valence-corrected chi connectivity index (χ2v) is 5.09. The van der Waals surface area contributed by atoms with Crippen molar-refractivity contribution in [1.82, 2.24) is 5.32 Å². The molecule has 1 rings (SSSR count). The molecule has 0 amide bonds. The molecule has 4 nitrogen and oxygen atoms in total. The van der Waals surface area contributed by atoms with E-state index in [1.54, 1.807) is 0 Å². The Balaban J connectivity index is 2.27. The highest BCUT2D eigenvalue weighted by atomic mass is 16.5. The van der Waals surface area contributed by atoms with Crippen LogP contribution in [-0.2, 0) is 4.74 Å². The molecule has 0 atom stereocenters. The molecule has 0 aliphatic heterocycles. The van der Waals surface area contributed by atoms with Crippen LogP contribution in [0.3, 0.4) is 0 Å². The highest BCUT2D eigenvalue weighted by molar-refractivity contribution is 5.78. The van der Waals surface area contributed by atoms with Crippen molar-refractivity contribution >= 4 is 5.96 Å². The average molecular weight is 213 g/mol. The molecule has 4 heteroatoms. The molecule has 1 aliphatic carbocycles. The lowest BCUT2D eigenvalue weighted by molar-refractivity contribution is -0.000790. The number of nitrogens with zero attached hydrogens (tertiary/aromatic N) is 1. The van der Waals surface area contributed by atoms with Gasteiger partial charge in [0, 0.05) is 12.1 Å². The average Bonchev–Trinajstić information content (AvgIpc) is 1.97. The Hall–Kier alpha value is -0.770. The van der Waals surface area contributed by atoms with Gasteiger partial charge >= 0.3 is 0 Å². The van der Waals surface area contributed by atoms with E-state index < -0.39 is 0 Å². The summed E-state index contributed by atoms with van der Waals surface area (Å²) in [5.41, 5.74) is 5.77. The zero-order chi connectivity index (χ0) is 11.5. The van der Waals surface area contributed by atoms with Crippen LogP contribution in [0.25, 0.3) is 0 Å². The summed E-state index contributed by atoms with van der Waals surface area (Å²) in [6, 6.07) is 0.344. The summed E-state index contributed by atoms with van der Waals surface area (Å²) in [7, 11) is 0. The van der Waals surface area contributed by atoms with E-state index in [0.717, 1.165) is 19.4 Å². The topological polar surface area (TPSA) is 59.6 Å². The number of rotatable bonds is 3. The quantitative estimate of drug-likeness (QED) is 0.548. The Bertz CT molecular complexity index is 226. The summed E-state index contributed by atoms with van der Waals surface area (Å²) in [6.07, 6.45) is 2.40. The molecule has 88 valence electrons. The van der Waals surface area contributed by atoms with Gasteiger partial charge in [0.05, 0.1) is 12.1 Å². The Labute approximate surface area is 92.3 Å². The predicted molar refractivity (Wildman–Crippen MR) is 62.9 cm³/mol. The summed E-state index contributed by atoms with van der Waals surface area (Å²) < 4.78 is 5.46. The Morgan fingerprint density at radius 3 is 2.53 bits per heavy atom. The first-order valence-corrected chi connectivity index (χ1v) is 5.63. The van der Waals surface area contributed by atoms with E-state index in [1.807, 2.05) is 6.92 Å². The van der Waals surface area contributed by atoms with Crippen LogP contribution in [0.15, 0.2) is 4.99 Å². The number of ether oxygens (including phenoxy) is 1. The lowest BCUT2D eigenvalue weighted by atomic mass is 9.90. The van der Waals surface area contributed by atoms with Gasteiger partial charge in [0.2, 0.25) is 0 Å². The third kappa shape index (κ3) is 4.51. The second-order valence-electron chi connectivity index (χ2n) is 5.09. The Morgan fingerprint density at radius 2 is 2.07 bits per heavy atom. The molecule has 0 bridgehead atoms. The van der Waals surface area contributed by atoms with Gasteiger partial charge in [0.15, 0.2) is 5.96 Å². The van der Waals surface area contributed by atoms with E-state index in [2.05, 4.69) is 31.1 Å². The van der Waals surface area contributed by atoms with Crippen LogP contribution < -0.4 is 11.1 Å². The fourth-order valence-electron chi connectivity index (χ4n) is 1.63. The van der Waals surface area contributed by atoms with Crippen molar-refractivity contribution < 1.29 is 4.74 Å². The zero-order valence-electron chi connectivity index (χ0n) is 10.2. The van der Waals surface area contributed by atoms with Gasteiger partial charge in [-0.05, 0) is 40.5 Å². The molecule has 0 saturated heterocycles. The normalized spacial score (nSPS) is 27.3. The minimum atomic E-state index is -0.0172. The van der Waals surface area contributed by atoms with Crippen molar-refractivity contribution in [2.24, 2.45) is 10.7 Å². The SMILES string of the molecule is CCOC1CC(N=C(N)NC(C)(C)C)C1. The smallest absolute Gasteiger partial charge is 0.189 e. The number of hydrogen-bond acceptors (Lipinski definition) is 2. The highest BCUT2D eigenvalue weighted by Gasteiger charge is 2.29. The molecular weight excluding hydrogens is 190 g/mol. The maximum atomic E-state index is 5.79. The van der Waals surface area contributed by atoms with Crippen LogP contribution in [0.1, 0.15) is 40.5 Å². The van der Waals surface area contributed by atoms with Crippen LogP contribution in [0.5, 0.6) is 0 Å². The summed E-state index contributed by atoms with van der Waals surface area (Å²) in [4.78, 5) is 4.40. The number of aliphatic imine (C=N–C) groups is 1. The van der Waals surface area contributed by atoms with E-state index in [1.165, 1.54) is 0 Å². The standard InChI is InChI=1S/C11H23N3O/c1-5-15-9-6-8(7-9)13-10(12)14-11(2,3)4/h8-9H,5-7H2,1-4H3,(H3,12,13,14). The third-order valence-corrected chi connectivity index (χ3v) is 2.30. The number of guanidine groups is 1. The summed E-state index contributed by atoms with van der Waals surface area (Å²) in [6.45, 7) is 9.01. The Morgan fingerprint density at radius 1 is 1.47 bits per heavy atom. The second kappa shape index (κ2) is 4.84. The molecule has 0 heterocycles.